The quantitative estimate of drug-likeness (QED) is 0.440. The van der Waals surface area contributed by atoms with Crippen LogP contribution >= 0.6 is 0 Å². The van der Waals surface area contributed by atoms with Gasteiger partial charge in [0.2, 0.25) is 0 Å². The molecule has 0 fully saturated rings. The Morgan fingerprint density at radius 3 is 1.67 bits per heavy atom. The zero-order chi connectivity index (χ0) is 13.6. The van der Waals surface area contributed by atoms with Gasteiger partial charge in [-0.1, -0.05) is 58.8 Å². The topological polar surface area (TPSA) is 34.1 Å². The summed E-state index contributed by atoms with van der Waals surface area (Å²) in [6.45, 7) is 4.08. The van der Waals surface area contributed by atoms with Gasteiger partial charge >= 0.3 is 0 Å². The number of rotatable bonds is 13. The molecule has 0 heterocycles. The van der Waals surface area contributed by atoms with Crippen LogP contribution in [0.15, 0.2) is 0 Å². The van der Waals surface area contributed by atoms with Crippen molar-refractivity contribution in [3.63, 3.8) is 0 Å². The van der Waals surface area contributed by atoms with Gasteiger partial charge < -0.3 is 0 Å². The van der Waals surface area contributed by atoms with Crippen LogP contribution in [0, 0.1) is 0 Å². The summed E-state index contributed by atoms with van der Waals surface area (Å²) in [5, 5.41) is 0. The van der Waals surface area contributed by atoms with Gasteiger partial charge in [0.15, 0.2) is 0 Å². The summed E-state index contributed by atoms with van der Waals surface area (Å²) in [5.41, 5.74) is 0. The molecular formula is C16H30O2. The average molecular weight is 254 g/mol. The summed E-state index contributed by atoms with van der Waals surface area (Å²) in [6.07, 6.45) is 12.2. The summed E-state index contributed by atoms with van der Waals surface area (Å²) in [6, 6.07) is 0. The molecule has 0 rings (SSSR count). The van der Waals surface area contributed by atoms with Crippen molar-refractivity contribution in [2.45, 2.75) is 90.9 Å². The van der Waals surface area contributed by atoms with E-state index in [1.807, 2.05) is 6.92 Å². The first-order valence-electron chi connectivity index (χ1n) is 7.74. The highest BCUT2D eigenvalue weighted by Gasteiger charge is 2.05. The molecule has 0 aromatic carbocycles. The molecule has 0 aliphatic heterocycles. The second kappa shape index (κ2) is 12.8. The second-order valence-electron chi connectivity index (χ2n) is 5.16. The Morgan fingerprint density at radius 1 is 0.611 bits per heavy atom. The van der Waals surface area contributed by atoms with E-state index >= 15 is 0 Å². The summed E-state index contributed by atoms with van der Waals surface area (Å²) in [5.74, 6) is 0.474. The number of ketones is 2. The molecule has 0 spiro atoms. The van der Waals surface area contributed by atoms with Crippen LogP contribution < -0.4 is 0 Å². The van der Waals surface area contributed by atoms with Crippen molar-refractivity contribution >= 4 is 11.6 Å². The van der Waals surface area contributed by atoms with E-state index in [0.29, 0.717) is 25.7 Å². The molecule has 106 valence electrons. The molecule has 0 saturated carbocycles. The van der Waals surface area contributed by atoms with Gasteiger partial charge in [0.1, 0.15) is 11.6 Å². The van der Waals surface area contributed by atoms with Gasteiger partial charge in [-0.25, -0.2) is 0 Å². The molecule has 0 aromatic rings. The maximum absolute atomic E-state index is 11.5. The summed E-state index contributed by atoms with van der Waals surface area (Å²) >= 11 is 0. The third-order valence-corrected chi connectivity index (χ3v) is 3.39. The molecule has 0 amide bonds. The van der Waals surface area contributed by atoms with Crippen molar-refractivity contribution in [1.29, 1.82) is 0 Å². The van der Waals surface area contributed by atoms with E-state index in [0.717, 1.165) is 6.42 Å². The molecule has 0 unspecified atom stereocenters. The number of hydrogen-bond acceptors (Lipinski definition) is 2. The second-order valence-corrected chi connectivity index (χ2v) is 5.16. The van der Waals surface area contributed by atoms with Gasteiger partial charge in [-0.3, -0.25) is 9.59 Å². The van der Waals surface area contributed by atoms with Gasteiger partial charge in [0.25, 0.3) is 0 Å². The molecule has 2 nitrogen and oxygen atoms in total. The minimum atomic E-state index is 0.208. The maximum atomic E-state index is 11.5. The lowest BCUT2D eigenvalue weighted by molar-refractivity contribution is -0.124. The van der Waals surface area contributed by atoms with Gasteiger partial charge in [0, 0.05) is 25.7 Å². The van der Waals surface area contributed by atoms with E-state index in [4.69, 9.17) is 0 Å². The normalized spacial score (nSPS) is 10.6. The zero-order valence-corrected chi connectivity index (χ0v) is 12.3. The molecule has 18 heavy (non-hydrogen) atoms. The van der Waals surface area contributed by atoms with Crippen molar-refractivity contribution in [1.82, 2.24) is 0 Å². The molecule has 0 aliphatic carbocycles. The fourth-order valence-electron chi connectivity index (χ4n) is 2.04. The highest BCUT2D eigenvalue weighted by molar-refractivity contribution is 5.85. The maximum Gasteiger partial charge on any atom is 0.133 e. The molecule has 0 bridgehead atoms. The average Bonchev–Trinajstić information content (AvgIpc) is 2.39. The number of carbonyl (C=O) groups excluding carboxylic acids is 2. The van der Waals surface area contributed by atoms with Crippen molar-refractivity contribution < 1.29 is 9.59 Å². The van der Waals surface area contributed by atoms with Crippen LogP contribution in [0.1, 0.15) is 90.9 Å². The zero-order valence-electron chi connectivity index (χ0n) is 12.3. The Hall–Kier alpha value is -0.660. The van der Waals surface area contributed by atoms with Crippen molar-refractivity contribution in [2.24, 2.45) is 0 Å². The number of carbonyl (C=O) groups is 2. The van der Waals surface area contributed by atoms with Gasteiger partial charge in [-0.15, -0.1) is 0 Å². The van der Waals surface area contributed by atoms with Crippen LogP contribution in [0.2, 0.25) is 0 Å². The predicted molar refractivity (Wildman–Crippen MR) is 76.8 cm³/mol. The molecule has 0 N–H and O–H groups in total. The molecule has 0 atom stereocenters. The molecule has 0 aromatic heterocycles. The van der Waals surface area contributed by atoms with Crippen LogP contribution in [-0.4, -0.2) is 11.6 Å². The van der Waals surface area contributed by atoms with E-state index in [9.17, 15) is 9.59 Å². The van der Waals surface area contributed by atoms with E-state index in [2.05, 4.69) is 6.92 Å². The molecule has 0 saturated heterocycles. The number of hydrogen-bond donors (Lipinski definition) is 0. The smallest absolute Gasteiger partial charge is 0.133 e. The summed E-state index contributed by atoms with van der Waals surface area (Å²) < 4.78 is 0. The number of unbranched alkanes of at least 4 members (excludes halogenated alkanes) is 7. The van der Waals surface area contributed by atoms with Crippen molar-refractivity contribution in [3.05, 3.63) is 0 Å². The third-order valence-electron chi connectivity index (χ3n) is 3.39. The van der Waals surface area contributed by atoms with Gasteiger partial charge in [-0.2, -0.15) is 0 Å². The SMILES string of the molecule is CCCCCCCCCCC(=O)CCC(=O)CC. The van der Waals surface area contributed by atoms with E-state index < -0.39 is 0 Å². The van der Waals surface area contributed by atoms with E-state index in [1.165, 1.54) is 44.9 Å². The van der Waals surface area contributed by atoms with Crippen LogP contribution in [0.3, 0.4) is 0 Å². The first-order valence-corrected chi connectivity index (χ1v) is 7.74. The first kappa shape index (κ1) is 17.3. The lowest BCUT2D eigenvalue weighted by Gasteiger charge is -2.02. The van der Waals surface area contributed by atoms with Gasteiger partial charge in [-0.05, 0) is 6.42 Å². The third kappa shape index (κ3) is 11.8. The minimum Gasteiger partial charge on any atom is -0.300 e. The van der Waals surface area contributed by atoms with Gasteiger partial charge in [0.05, 0.1) is 0 Å². The van der Waals surface area contributed by atoms with Crippen LogP contribution in [0.25, 0.3) is 0 Å². The number of Topliss-reactive ketones (excluding diaryl/α,β-unsaturated/α-hetero) is 2. The summed E-state index contributed by atoms with van der Waals surface area (Å²) in [7, 11) is 0. The minimum absolute atomic E-state index is 0.208. The Kier molecular flexibility index (Phi) is 12.3. The lowest BCUT2D eigenvalue weighted by Crippen LogP contribution is -2.03. The standard InChI is InChI=1S/C16H30O2/c1-3-5-6-7-8-9-10-11-12-16(18)14-13-15(17)4-2/h3-14H2,1-2H3. The Bertz CT molecular complexity index is 221. The fraction of sp³-hybridized carbons (Fsp3) is 0.875. The predicted octanol–water partition coefficient (Wildman–Crippen LogP) is 4.85. The monoisotopic (exact) mass is 254 g/mol. The molecule has 0 radical (unpaired) electrons. The largest absolute Gasteiger partial charge is 0.300 e. The fourth-order valence-corrected chi connectivity index (χ4v) is 2.04. The molecule has 0 aliphatic rings. The van der Waals surface area contributed by atoms with Crippen molar-refractivity contribution in [3.8, 4) is 0 Å². The van der Waals surface area contributed by atoms with Crippen LogP contribution in [0.5, 0.6) is 0 Å². The first-order chi connectivity index (χ1) is 8.70. The van der Waals surface area contributed by atoms with E-state index in [1.54, 1.807) is 0 Å². The molecule has 2 heteroatoms. The van der Waals surface area contributed by atoms with Crippen LogP contribution in [0.4, 0.5) is 0 Å². The highest BCUT2D eigenvalue weighted by Crippen LogP contribution is 2.10. The van der Waals surface area contributed by atoms with Crippen LogP contribution in [-0.2, 0) is 9.59 Å². The van der Waals surface area contributed by atoms with Crippen molar-refractivity contribution in [2.75, 3.05) is 0 Å². The molecular weight excluding hydrogens is 224 g/mol. The summed E-state index contributed by atoms with van der Waals surface area (Å²) in [4.78, 5) is 22.6. The highest BCUT2D eigenvalue weighted by atomic mass is 16.1. The Morgan fingerprint density at radius 2 is 1.11 bits per heavy atom. The Labute approximate surface area is 113 Å². The van der Waals surface area contributed by atoms with E-state index in [-0.39, 0.29) is 11.6 Å². The Balaban J connectivity index is 3.22. The lowest BCUT2D eigenvalue weighted by atomic mass is 10.0.